The predicted molar refractivity (Wildman–Crippen MR) is 112 cm³/mol. The molecule has 0 aliphatic carbocycles. The Labute approximate surface area is 170 Å². The summed E-state index contributed by atoms with van der Waals surface area (Å²) in [6.07, 6.45) is 1.55. The van der Waals surface area contributed by atoms with Gasteiger partial charge >= 0.3 is 5.97 Å². The molecule has 0 amide bonds. The molecule has 0 spiro atoms. The molecule has 0 saturated carbocycles. The third-order valence-electron chi connectivity index (χ3n) is 5.20. The minimum Gasteiger partial charge on any atom is -0.496 e. The van der Waals surface area contributed by atoms with Crippen LogP contribution in [0.1, 0.15) is 30.0 Å². The van der Waals surface area contributed by atoms with Gasteiger partial charge in [0.25, 0.3) is 0 Å². The van der Waals surface area contributed by atoms with Crippen LogP contribution in [0.15, 0.2) is 52.3 Å². The zero-order valence-corrected chi connectivity index (χ0v) is 17.3. The molecule has 27 heavy (non-hydrogen) atoms. The molecule has 2 aromatic carbocycles. The highest BCUT2D eigenvalue weighted by Gasteiger charge is 2.38. The third kappa shape index (κ3) is 3.37. The molecule has 2 atom stereocenters. The second-order valence-corrected chi connectivity index (χ2v) is 8.54. The van der Waals surface area contributed by atoms with Crippen LogP contribution in [0.25, 0.3) is 10.1 Å². The first kappa shape index (κ1) is 18.5. The van der Waals surface area contributed by atoms with Crippen molar-refractivity contribution in [2.24, 2.45) is 0 Å². The molecule has 1 N–H and O–H groups in total. The zero-order valence-electron chi connectivity index (χ0n) is 14.9. The minimum atomic E-state index is -0.758. The number of nitrogens with zero attached hydrogens (tertiary/aromatic N) is 1. The summed E-state index contributed by atoms with van der Waals surface area (Å²) in [7, 11) is 1.66. The number of hydrogen-bond acceptors (Lipinski definition) is 4. The van der Waals surface area contributed by atoms with Gasteiger partial charge in [-0.25, -0.2) is 0 Å². The van der Waals surface area contributed by atoms with Crippen LogP contribution < -0.4 is 4.74 Å². The number of rotatable bonds is 5. The molecular formula is C21H20BrNO3S. The Morgan fingerprint density at radius 1 is 1.30 bits per heavy atom. The van der Waals surface area contributed by atoms with Crippen molar-refractivity contribution in [2.75, 3.05) is 13.7 Å². The lowest BCUT2D eigenvalue weighted by atomic mass is 9.95. The number of aliphatic carboxylic acids is 1. The summed E-state index contributed by atoms with van der Waals surface area (Å²) >= 11 is 5.27. The molecule has 1 saturated heterocycles. The van der Waals surface area contributed by atoms with Gasteiger partial charge in [0.2, 0.25) is 0 Å². The van der Waals surface area contributed by atoms with Crippen molar-refractivity contribution in [2.45, 2.75) is 24.9 Å². The number of methoxy groups -OCH3 is 1. The second-order valence-electron chi connectivity index (χ2n) is 6.71. The van der Waals surface area contributed by atoms with Crippen LogP contribution in [-0.4, -0.2) is 35.7 Å². The van der Waals surface area contributed by atoms with E-state index in [1.54, 1.807) is 18.4 Å². The predicted octanol–water partition coefficient (Wildman–Crippen LogP) is 5.31. The Kier molecular flexibility index (Phi) is 5.21. The number of ether oxygens (including phenoxy) is 1. The topological polar surface area (TPSA) is 49.8 Å². The number of halogens is 1. The molecule has 0 radical (unpaired) electrons. The molecule has 1 aliphatic rings. The maximum absolute atomic E-state index is 11.9. The molecule has 3 aromatic rings. The van der Waals surface area contributed by atoms with Gasteiger partial charge in [-0.3, -0.25) is 9.69 Å². The van der Waals surface area contributed by atoms with E-state index >= 15 is 0 Å². The van der Waals surface area contributed by atoms with Crippen LogP contribution in [0, 0.1) is 0 Å². The van der Waals surface area contributed by atoms with Gasteiger partial charge in [0, 0.05) is 21.3 Å². The van der Waals surface area contributed by atoms with Crippen LogP contribution in [0.4, 0.5) is 0 Å². The number of carbonyl (C=O) groups is 1. The number of carboxylic acids is 1. The lowest BCUT2D eigenvalue weighted by Crippen LogP contribution is -2.39. The maximum Gasteiger partial charge on any atom is 0.320 e. The molecule has 140 valence electrons. The van der Waals surface area contributed by atoms with Crippen LogP contribution in [-0.2, 0) is 4.79 Å². The summed E-state index contributed by atoms with van der Waals surface area (Å²) in [5, 5.41) is 13.1. The van der Waals surface area contributed by atoms with Crippen LogP contribution in [0.2, 0.25) is 0 Å². The highest BCUT2D eigenvalue weighted by Crippen LogP contribution is 2.43. The number of hydrogen-bond donors (Lipinski definition) is 1. The normalized spacial score (nSPS) is 18.7. The van der Waals surface area contributed by atoms with E-state index in [1.165, 1.54) is 10.1 Å². The number of fused-ring (bicyclic) bond motifs is 1. The van der Waals surface area contributed by atoms with Gasteiger partial charge in [-0.15, -0.1) is 11.3 Å². The molecule has 2 unspecified atom stereocenters. The smallest absolute Gasteiger partial charge is 0.320 e. The Morgan fingerprint density at radius 3 is 2.89 bits per heavy atom. The van der Waals surface area contributed by atoms with Gasteiger partial charge in [-0.1, -0.05) is 34.1 Å². The number of likely N-dealkylation sites (tertiary alicyclic amines) is 1. The lowest BCUT2D eigenvalue weighted by Gasteiger charge is -2.32. The largest absolute Gasteiger partial charge is 0.496 e. The summed E-state index contributed by atoms with van der Waals surface area (Å²) in [5.41, 5.74) is 2.13. The number of thiophene rings is 1. The lowest BCUT2D eigenvalue weighted by molar-refractivity contribution is -0.142. The van der Waals surface area contributed by atoms with Gasteiger partial charge in [0.1, 0.15) is 11.8 Å². The van der Waals surface area contributed by atoms with E-state index < -0.39 is 12.0 Å². The monoisotopic (exact) mass is 445 g/mol. The summed E-state index contributed by atoms with van der Waals surface area (Å²) < 4.78 is 7.81. The van der Waals surface area contributed by atoms with Crippen molar-refractivity contribution in [3.8, 4) is 5.75 Å². The molecule has 4 rings (SSSR count). The van der Waals surface area contributed by atoms with E-state index in [2.05, 4.69) is 38.3 Å². The Morgan fingerprint density at radius 2 is 2.11 bits per heavy atom. The first-order valence-electron chi connectivity index (χ1n) is 8.88. The molecule has 6 heteroatoms. The molecule has 1 fully saturated rings. The average molecular weight is 446 g/mol. The van der Waals surface area contributed by atoms with Crippen LogP contribution >= 0.6 is 27.3 Å². The maximum atomic E-state index is 11.9. The fourth-order valence-corrected chi connectivity index (χ4v) is 5.38. The molecule has 1 aliphatic heterocycles. The third-order valence-corrected chi connectivity index (χ3v) is 6.68. The Bertz CT molecular complexity index is 986. The second kappa shape index (κ2) is 7.62. The van der Waals surface area contributed by atoms with Crippen LogP contribution in [0.3, 0.4) is 0 Å². The fraction of sp³-hybridized carbons (Fsp3) is 0.286. The Balaban J connectivity index is 1.93. The van der Waals surface area contributed by atoms with Crippen molar-refractivity contribution in [3.63, 3.8) is 0 Å². The van der Waals surface area contributed by atoms with Gasteiger partial charge in [-0.2, -0.15) is 0 Å². The summed E-state index contributed by atoms with van der Waals surface area (Å²) in [5.74, 6) is 0.0144. The SMILES string of the molecule is COc1ccc(Br)cc1C(c1csc2ccccc12)N1CCCC1C(=O)O. The molecule has 0 bridgehead atoms. The van der Waals surface area contributed by atoms with Crippen molar-refractivity contribution in [3.05, 3.63) is 63.4 Å². The fourth-order valence-electron chi connectivity index (χ4n) is 4.02. The average Bonchev–Trinajstić information content (AvgIpc) is 3.30. The summed E-state index contributed by atoms with van der Waals surface area (Å²) in [6, 6.07) is 13.6. The first-order chi connectivity index (χ1) is 13.1. The number of benzene rings is 2. The summed E-state index contributed by atoms with van der Waals surface area (Å²) in [6.45, 7) is 0.751. The highest BCUT2D eigenvalue weighted by molar-refractivity contribution is 9.10. The van der Waals surface area contributed by atoms with E-state index in [0.29, 0.717) is 6.42 Å². The van der Waals surface area contributed by atoms with E-state index in [4.69, 9.17) is 4.74 Å². The van der Waals surface area contributed by atoms with Gasteiger partial charge in [-0.05, 0) is 53.4 Å². The molecule has 2 heterocycles. The zero-order chi connectivity index (χ0) is 19.0. The van der Waals surface area contributed by atoms with Crippen LogP contribution in [0.5, 0.6) is 5.75 Å². The van der Waals surface area contributed by atoms with Gasteiger partial charge in [0.15, 0.2) is 0 Å². The van der Waals surface area contributed by atoms with Gasteiger partial charge in [0.05, 0.1) is 13.2 Å². The minimum absolute atomic E-state index is 0.169. The Hall–Kier alpha value is -1.89. The standard InChI is InChI=1S/C21H20BrNO3S/c1-26-18-9-8-13(22)11-15(18)20(23-10-4-6-17(23)21(24)25)16-12-27-19-7-3-2-5-14(16)19/h2-3,5,7-9,11-12,17,20H,4,6,10H2,1H3,(H,24,25). The van der Waals surface area contributed by atoms with Crippen molar-refractivity contribution < 1.29 is 14.6 Å². The quantitative estimate of drug-likeness (QED) is 0.577. The molecule has 1 aromatic heterocycles. The van der Waals surface area contributed by atoms with E-state index in [0.717, 1.165) is 34.3 Å². The van der Waals surface area contributed by atoms with E-state index in [9.17, 15) is 9.90 Å². The molecular weight excluding hydrogens is 426 g/mol. The van der Waals surface area contributed by atoms with Crippen molar-refractivity contribution >= 4 is 43.3 Å². The number of carboxylic acid groups (broad SMARTS) is 1. The van der Waals surface area contributed by atoms with Crippen molar-refractivity contribution in [1.82, 2.24) is 4.90 Å². The van der Waals surface area contributed by atoms with E-state index in [-0.39, 0.29) is 6.04 Å². The first-order valence-corrected chi connectivity index (χ1v) is 10.6. The summed E-state index contributed by atoms with van der Waals surface area (Å²) in [4.78, 5) is 14.0. The van der Waals surface area contributed by atoms with E-state index in [1.807, 2.05) is 30.3 Å². The molecule has 4 nitrogen and oxygen atoms in total. The highest BCUT2D eigenvalue weighted by atomic mass is 79.9. The van der Waals surface area contributed by atoms with Crippen molar-refractivity contribution in [1.29, 1.82) is 0 Å². The van der Waals surface area contributed by atoms with Gasteiger partial charge < -0.3 is 9.84 Å².